The summed E-state index contributed by atoms with van der Waals surface area (Å²) in [5.41, 5.74) is 8.64. The number of rotatable bonds is 5. The van der Waals surface area contributed by atoms with E-state index in [1.807, 2.05) is 25.2 Å². The minimum absolute atomic E-state index is 0.212. The number of hydrogen-bond donors (Lipinski definition) is 2. The van der Waals surface area contributed by atoms with Crippen LogP contribution in [0.2, 0.25) is 0 Å². The average Bonchev–Trinajstić information content (AvgIpc) is 3.07. The van der Waals surface area contributed by atoms with Crippen molar-refractivity contribution in [2.45, 2.75) is 32.7 Å². The second kappa shape index (κ2) is 12.7. The number of alkyl halides is 3. The van der Waals surface area contributed by atoms with Crippen molar-refractivity contribution in [1.82, 2.24) is 10.2 Å². The van der Waals surface area contributed by atoms with Gasteiger partial charge in [-0.2, -0.15) is 0 Å². The molecule has 2 saturated heterocycles. The van der Waals surface area contributed by atoms with Crippen LogP contribution in [0.3, 0.4) is 0 Å². The highest BCUT2D eigenvalue weighted by molar-refractivity contribution is 6.28. The van der Waals surface area contributed by atoms with Gasteiger partial charge in [0.05, 0.1) is 5.57 Å². The molecule has 2 heterocycles. The number of carbonyl (C=O) groups excluding carboxylic acids is 1. The SMILES string of the molecule is C\C=C/C=C1/CN(Cc2ccc(OC(F)(F)F)cc2)C(=O)/C1=C\Cl.NCC1CCNCC1. The Morgan fingerprint density at radius 2 is 1.91 bits per heavy atom. The van der Waals surface area contributed by atoms with Gasteiger partial charge in [-0.25, -0.2) is 0 Å². The molecule has 2 aliphatic rings. The Kier molecular flexibility index (Phi) is 10.3. The summed E-state index contributed by atoms with van der Waals surface area (Å²) in [6.07, 6.45) is 3.29. The lowest BCUT2D eigenvalue weighted by atomic mass is 9.99. The second-order valence-electron chi connectivity index (χ2n) is 7.52. The van der Waals surface area contributed by atoms with Crippen LogP contribution < -0.4 is 15.8 Å². The molecule has 2 fully saturated rings. The number of ether oxygens (including phenoxy) is 1. The lowest BCUT2D eigenvalue weighted by molar-refractivity contribution is -0.274. The van der Waals surface area contributed by atoms with E-state index in [1.54, 1.807) is 4.90 Å². The number of piperidine rings is 1. The van der Waals surface area contributed by atoms with E-state index in [-0.39, 0.29) is 18.2 Å². The molecule has 2 aliphatic heterocycles. The van der Waals surface area contributed by atoms with Crippen molar-refractivity contribution < 1.29 is 22.7 Å². The molecule has 176 valence electrons. The van der Waals surface area contributed by atoms with Gasteiger partial charge in [0.1, 0.15) is 5.75 Å². The number of likely N-dealkylation sites (tertiary alicyclic amines) is 1. The highest BCUT2D eigenvalue weighted by Gasteiger charge is 2.31. The smallest absolute Gasteiger partial charge is 0.406 e. The summed E-state index contributed by atoms with van der Waals surface area (Å²) in [6.45, 7) is 5.74. The molecule has 0 unspecified atom stereocenters. The molecule has 1 aromatic rings. The van der Waals surface area contributed by atoms with Crippen molar-refractivity contribution >= 4 is 17.5 Å². The highest BCUT2D eigenvalue weighted by Crippen LogP contribution is 2.27. The van der Waals surface area contributed by atoms with E-state index in [4.69, 9.17) is 17.3 Å². The van der Waals surface area contributed by atoms with Crippen LogP contribution in [0.15, 0.2) is 59.2 Å². The van der Waals surface area contributed by atoms with Gasteiger partial charge in [0, 0.05) is 18.6 Å². The van der Waals surface area contributed by atoms with E-state index in [0.717, 1.165) is 18.0 Å². The molecule has 32 heavy (non-hydrogen) atoms. The largest absolute Gasteiger partial charge is 0.573 e. The topological polar surface area (TPSA) is 67.6 Å². The third-order valence-electron chi connectivity index (χ3n) is 5.15. The zero-order chi connectivity index (χ0) is 23.6. The van der Waals surface area contributed by atoms with Crippen LogP contribution in [0.1, 0.15) is 25.3 Å². The molecule has 0 spiro atoms. The van der Waals surface area contributed by atoms with Crippen molar-refractivity contribution in [3.05, 3.63) is 64.7 Å². The maximum atomic E-state index is 12.3. The van der Waals surface area contributed by atoms with Gasteiger partial charge >= 0.3 is 6.36 Å². The summed E-state index contributed by atoms with van der Waals surface area (Å²) in [4.78, 5) is 13.9. The predicted octanol–water partition coefficient (Wildman–Crippen LogP) is 4.50. The first-order valence-electron chi connectivity index (χ1n) is 10.4. The third-order valence-corrected chi connectivity index (χ3v) is 5.36. The van der Waals surface area contributed by atoms with Gasteiger partial charge < -0.3 is 20.7 Å². The molecular formula is C23H29ClF3N3O2. The van der Waals surface area contributed by atoms with Gasteiger partial charge in [0.15, 0.2) is 0 Å². The standard InChI is InChI=1S/C17H15ClF3NO2.C6H14N2/c1-2-3-4-13-11-22(16(23)15(13)9-18)10-12-5-7-14(8-6-12)24-17(19,20)21;7-5-6-1-3-8-4-2-6/h2-9H,10-11H2,1H3;6,8H,1-5,7H2/b3-2-,13-4-,15-9-;. The van der Waals surface area contributed by atoms with Crippen LogP contribution >= 0.6 is 11.6 Å². The number of halogens is 4. The summed E-state index contributed by atoms with van der Waals surface area (Å²) in [6, 6.07) is 5.43. The van der Waals surface area contributed by atoms with E-state index in [0.29, 0.717) is 17.7 Å². The Labute approximate surface area is 191 Å². The van der Waals surface area contributed by atoms with Crippen molar-refractivity contribution in [3.8, 4) is 5.75 Å². The predicted molar refractivity (Wildman–Crippen MR) is 120 cm³/mol. The number of allylic oxidation sites excluding steroid dienone is 3. The lowest BCUT2D eigenvalue weighted by Crippen LogP contribution is -2.31. The molecule has 3 rings (SSSR count). The lowest BCUT2D eigenvalue weighted by Gasteiger charge is -2.20. The van der Waals surface area contributed by atoms with Crippen LogP contribution in [0.5, 0.6) is 5.75 Å². The number of carbonyl (C=O) groups is 1. The molecule has 0 radical (unpaired) electrons. The summed E-state index contributed by atoms with van der Waals surface area (Å²) < 4.78 is 40.2. The molecule has 0 bridgehead atoms. The van der Waals surface area contributed by atoms with E-state index in [2.05, 4.69) is 10.1 Å². The molecule has 9 heteroatoms. The summed E-state index contributed by atoms with van der Waals surface area (Å²) in [5.74, 6) is 0.293. The Bertz CT molecular complexity index is 830. The number of hydrogen-bond acceptors (Lipinski definition) is 4. The maximum Gasteiger partial charge on any atom is 0.573 e. The molecule has 0 aromatic heterocycles. The first-order chi connectivity index (χ1) is 15.3. The number of nitrogens with one attached hydrogen (secondary N) is 1. The zero-order valence-electron chi connectivity index (χ0n) is 18.0. The second-order valence-corrected chi connectivity index (χ2v) is 7.74. The maximum absolute atomic E-state index is 12.3. The number of nitrogens with zero attached hydrogens (tertiary/aromatic N) is 1. The minimum Gasteiger partial charge on any atom is -0.406 e. The Balaban J connectivity index is 0.000000380. The highest BCUT2D eigenvalue weighted by atomic mass is 35.5. The fourth-order valence-electron chi connectivity index (χ4n) is 3.40. The first-order valence-corrected chi connectivity index (χ1v) is 10.9. The van der Waals surface area contributed by atoms with E-state index < -0.39 is 6.36 Å². The molecule has 0 atom stereocenters. The van der Waals surface area contributed by atoms with Crippen LogP contribution in [0.4, 0.5) is 13.2 Å². The van der Waals surface area contributed by atoms with Gasteiger partial charge in [-0.3, -0.25) is 4.79 Å². The summed E-state index contributed by atoms with van der Waals surface area (Å²) >= 11 is 5.73. The molecule has 0 aliphatic carbocycles. The van der Waals surface area contributed by atoms with Crippen molar-refractivity contribution in [2.24, 2.45) is 11.7 Å². The van der Waals surface area contributed by atoms with E-state index in [1.165, 1.54) is 55.7 Å². The van der Waals surface area contributed by atoms with Crippen LogP contribution in [-0.2, 0) is 11.3 Å². The van der Waals surface area contributed by atoms with Gasteiger partial charge in [-0.05, 0) is 68.6 Å². The fourth-order valence-corrected chi connectivity index (χ4v) is 3.64. The Hall–Kier alpha value is -2.29. The van der Waals surface area contributed by atoms with Crippen molar-refractivity contribution in [1.29, 1.82) is 0 Å². The van der Waals surface area contributed by atoms with Gasteiger partial charge in [-0.1, -0.05) is 42.0 Å². The Morgan fingerprint density at radius 1 is 1.25 bits per heavy atom. The third kappa shape index (κ3) is 8.33. The molecular weight excluding hydrogens is 443 g/mol. The summed E-state index contributed by atoms with van der Waals surface area (Å²) in [7, 11) is 0. The first kappa shape index (κ1) is 26.0. The van der Waals surface area contributed by atoms with Gasteiger partial charge in [0.25, 0.3) is 5.91 Å². The molecule has 5 nitrogen and oxygen atoms in total. The van der Waals surface area contributed by atoms with Crippen LogP contribution in [0.25, 0.3) is 0 Å². The van der Waals surface area contributed by atoms with Gasteiger partial charge in [0.2, 0.25) is 0 Å². The minimum atomic E-state index is -4.72. The fraction of sp³-hybridized carbons (Fsp3) is 0.435. The normalized spacial score (nSPS) is 20.2. The number of benzene rings is 1. The number of amides is 1. The average molecular weight is 472 g/mol. The molecule has 1 amide bonds. The zero-order valence-corrected chi connectivity index (χ0v) is 18.8. The molecule has 0 saturated carbocycles. The Morgan fingerprint density at radius 3 is 2.41 bits per heavy atom. The van der Waals surface area contributed by atoms with Crippen molar-refractivity contribution in [2.75, 3.05) is 26.2 Å². The van der Waals surface area contributed by atoms with E-state index in [9.17, 15) is 18.0 Å². The van der Waals surface area contributed by atoms with Crippen LogP contribution in [0, 0.1) is 5.92 Å². The molecule has 1 aromatic carbocycles. The number of nitrogens with two attached hydrogens (primary N) is 1. The van der Waals surface area contributed by atoms with Gasteiger partial charge in [-0.15, -0.1) is 13.2 Å². The van der Waals surface area contributed by atoms with Crippen molar-refractivity contribution in [3.63, 3.8) is 0 Å². The monoisotopic (exact) mass is 471 g/mol. The van der Waals surface area contributed by atoms with Crippen LogP contribution in [-0.4, -0.2) is 43.3 Å². The summed E-state index contributed by atoms with van der Waals surface area (Å²) in [5, 5.41) is 3.29. The van der Waals surface area contributed by atoms with E-state index >= 15 is 0 Å². The quantitative estimate of drug-likeness (QED) is 0.620. The molecule has 3 N–H and O–H groups in total.